The zero-order valence-electron chi connectivity index (χ0n) is 8.61. The van der Waals surface area contributed by atoms with Gasteiger partial charge < -0.3 is 10.4 Å². The number of thiophene rings is 1. The minimum atomic E-state index is -0.568. The van der Waals surface area contributed by atoms with Crippen molar-refractivity contribution < 1.29 is 14.7 Å². The molecule has 0 spiro atoms. The average Bonchev–Trinajstić information content (AvgIpc) is 2.62. The summed E-state index contributed by atoms with van der Waals surface area (Å²) in [6, 6.07) is 1.56. The molecule has 0 bridgehead atoms. The Kier molecular flexibility index (Phi) is 3.99. The number of nitrogens with one attached hydrogen (secondary N) is 1. The number of rotatable bonds is 4. The Morgan fingerprint density at radius 2 is 2.27 bits per heavy atom. The fraction of sp³-hybridized carbons (Fsp3) is 0.400. The van der Waals surface area contributed by atoms with Crippen molar-refractivity contribution in [2.45, 2.75) is 20.0 Å². The standard InChI is InChI=1S/C10H13NO3S/c1-6(12)4-11-10(14)9-3-8(5-15-9)7(2)13/h3,5-6,12H,4H2,1-2H3,(H,11,14). The second kappa shape index (κ2) is 5.04. The third kappa shape index (κ3) is 3.45. The van der Waals surface area contributed by atoms with E-state index in [1.165, 1.54) is 18.3 Å². The van der Waals surface area contributed by atoms with Gasteiger partial charge in [0.15, 0.2) is 5.78 Å². The van der Waals surface area contributed by atoms with E-state index in [4.69, 9.17) is 5.11 Å². The van der Waals surface area contributed by atoms with Crippen molar-refractivity contribution in [3.63, 3.8) is 0 Å². The number of hydrogen-bond acceptors (Lipinski definition) is 4. The maximum Gasteiger partial charge on any atom is 0.261 e. The number of Topliss-reactive ketones (excluding diaryl/α,β-unsaturated/α-hetero) is 1. The molecule has 0 radical (unpaired) electrons. The lowest BCUT2D eigenvalue weighted by Gasteiger charge is -2.04. The van der Waals surface area contributed by atoms with Gasteiger partial charge in [-0.1, -0.05) is 0 Å². The summed E-state index contributed by atoms with van der Waals surface area (Å²) in [5.41, 5.74) is 0.544. The van der Waals surface area contributed by atoms with Gasteiger partial charge in [0.1, 0.15) is 0 Å². The summed E-state index contributed by atoms with van der Waals surface area (Å²) < 4.78 is 0. The van der Waals surface area contributed by atoms with E-state index < -0.39 is 6.10 Å². The average molecular weight is 227 g/mol. The smallest absolute Gasteiger partial charge is 0.261 e. The van der Waals surface area contributed by atoms with Gasteiger partial charge in [-0.3, -0.25) is 9.59 Å². The van der Waals surface area contributed by atoms with Crippen molar-refractivity contribution in [1.29, 1.82) is 0 Å². The Morgan fingerprint density at radius 3 is 2.73 bits per heavy atom. The highest BCUT2D eigenvalue weighted by Gasteiger charge is 2.11. The number of carbonyl (C=O) groups excluding carboxylic acids is 2. The van der Waals surface area contributed by atoms with Crippen LogP contribution in [0.3, 0.4) is 0 Å². The summed E-state index contributed by atoms with van der Waals surface area (Å²) in [4.78, 5) is 22.9. The molecule has 1 heterocycles. The third-order valence-corrected chi connectivity index (χ3v) is 2.72. The van der Waals surface area contributed by atoms with Crippen LogP contribution in [-0.2, 0) is 0 Å². The van der Waals surface area contributed by atoms with Gasteiger partial charge in [-0.05, 0) is 19.9 Å². The van der Waals surface area contributed by atoms with Gasteiger partial charge in [0.25, 0.3) is 5.91 Å². The lowest BCUT2D eigenvalue weighted by atomic mass is 10.2. The van der Waals surface area contributed by atoms with Crippen molar-refractivity contribution in [2.75, 3.05) is 6.54 Å². The zero-order valence-corrected chi connectivity index (χ0v) is 9.43. The summed E-state index contributed by atoms with van der Waals surface area (Å²) >= 11 is 1.22. The molecule has 0 saturated heterocycles. The fourth-order valence-electron chi connectivity index (χ4n) is 0.967. The first kappa shape index (κ1) is 11.9. The monoisotopic (exact) mass is 227 g/mol. The molecule has 0 aliphatic carbocycles. The van der Waals surface area contributed by atoms with Gasteiger partial charge in [0, 0.05) is 17.5 Å². The molecular formula is C10H13NO3S. The maximum absolute atomic E-state index is 11.5. The van der Waals surface area contributed by atoms with Crippen molar-refractivity contribution in [3.05, 3.63) is 21.9 Å². The SMILES string of the molecule is CC(=O)c1csc(C(=O)NCC(C)O)c1. The fourth-order valence-corrected chi connectivity index (χ4v) is 1.83. The predicted octanol–water partition coefficient (Wildman–Crippen LogP) is 1.06. The normalized spacial score (nSPS) is 12.2. The predicted molar refractivity (Wildman–Crippen MR) is 58.3 cm³/mol. The molecule has 0 saturated carbocycles. The second-order valence-corrected chi connectivity index (χ2v) is 4.23. The van der Waals surface area contributed by atoms with Crippen LogP contribution in [0.2, 0.25) is 0 Å². The molecule has 0 aromatic carbocycles. The van der Waals surface area contributed by atoms with Crippen molar-refractivity contribution >= 4 is 23.0 Å². The topological polar surface area (TPSA) is 66.4 Å². The summed E-state index contributed by atoms with van der Waals surface area (Å²) in [5, 5.41) is 13.2. The van der Waals surface area contributed by atoms with Crippen LogP contribution in [0.1, 0.15) is 33.9 Å². The van der Waals surface area contributed by atoms with E-state index in [1.807, 2.05) is 0 Å². The van der Waals surface area contributed by atoms with Gasteiger partial charge >= 0.3 is 0 Å². The third-order valence-electron chi connectivity index (χ3n) is 1.79. The van der Waals surface area contributed by atoms with Crippen LogP contribution in [0.25, 0.3) is 0 Å². The van der Waals surface area contributed by atoms with E-state index in [-0.39, 0.29) is 18.2 Å². The van der Waals surface area contributed by atoms with E-state index in [0.29, 0.717) is 10.4 Å². The van der Waals surface area contributed by atoms with Gasteiger partial charge in [-0.15, -0.1) is 11.3 Å². The number of aliphatic hydroxyl groups is 1. The molecule has 0 aliphatic rings. The molecule has 1 aromatic rings. The summed E-state index contributed by atoms with van der Waals surface area (Å²) in [7, 11) is 0. The molecular weight excluding hydrogens is 214 g/mol. The minimum Gasteiger partial charge on any atom is -0.392 e. The first-order valence-electron chi connectivity index (χ1n) is 4.56. The first-order chi connectivity index (χ1) is 7.00. The Bertz CT molecular complexity index is 370. The Labute approximate surface area is 91.9 Å². The van der Waals surface area contributed by atoms with Gasteiger partial charge in [-0.2, -0.15) is 0 Å². The molecule has 1 amide bonds. The van der Waals surface area contributed by atoms with Crippen molar-refractivity contribution in [3.8, 4) is 0 Å². The molecule has 1 rings (SSSR count). The highest BCUT2D eigenvalue weighted by Crippen LogP contribution is 2.14. The highest BCUT2D eigenvalue weighted by atomic mass is 32.1. The molecule has 1 atom stereocenters. The summed E-state index contributed by atoms with van der Waals surface area (Å²) in [6.07, 6.45) is -0.568. The lowest BCUT2D eigenvalue weighted by Crippen LogP contribution is -2.29. The van der Waals surface area contributed by atoms with Gasteiger partial charge in [-0.25, -0.2) is 0 Å². The highest BCUT2D eigenvalue weighted by molar-refractivity contribution is 7.12. The largest absolute Gasteiger partial charge is 0.392 e. The van der Waals surface area contributed by atoms with Crippen LogP contribution in [0.5, 0.6) is 0 Å². The molecule has 1 unspecified atom stereocenters. The molecule has 0 aliphatic heterocycles. The number of aliphatic hydroxyl groups excluding tert-OH is 1. The molecule has 5 heteroatoms. The lowest BCUT2D eigenvalue weighted by molar-refractivity contribution is 0.0928. The molecule has 1 aromatic heterocycles. The van der Waals surface area contributed by atoms with Gasteiger partial charge in [0.2, 0.25) is 0 Å². The molecule has 2 N–H and O–H groups in total. The molecule has 4 nitrogen and oxygen atoms in total. The quantitative estimate of drug-likeness (QED) is 0.756. The minimum absolute atomic E-state index is 0.0548. The first-order valence-corrected chi connectivity index (χ1v) is 5.44. The summed E-state index contributed by atoms with van der Waals surface area (Å²) in [5.74, 6) is -0.311. The molecule has 82 valence electrons. The van der Waals surface area contributed by atoms with Crippen LogP contribution >= 0.6 is 11.3 Å². The summed E-state index contributed by atoms with van der Waals surface area (Å²) in [6.45, 7) is 3.27. The number of amides is 1. The van der Waals surface area contributed by atoms with Crippen molar-refractivity contribution in [2.24, 2.45) is 0 Å². The van der Waals surface area contributed by atoms with E-state index in [9.17, 15) is 9.59 Å². The van der Waals surface area contributed by atoms with Gasteiger partial charge in [0.05, 0.1) is 11.0 Å². The molecule has 15 heavy (non-hydrogen) atoms. The van der Waals surface area contributed by atoms with Crippen LogP contribution in [0, 0.1) is 0 Å². The number of ketones is 1. The van der Waals surface area contributed by atoms with Crippen LogP contribution in [0.15, 0.2) is 11.4 Å². The van der Waals surface area contributed by atoms with E-state index in [2.05, 4.69) is 5.32 Å². The van der Waals surface area contributed by atoms with E-state index in [1.54, 1.807) is 18.4 Å². The second-order valence-electron chi connectivity index (χ2n) is 3.31. The Hall–Kier alpha value is -1.20. The molecule has 0 fully saturated rings. The maximum atomic E-state index is 11.5. The number of carbonyl (C=O) groups is 2. The van der Waals surface area contributed by atoms with Crippen LogP contribution in [-0.4, -0.2) is 29.4 Å². The van der Waals surface area contributed by atoms with E-state index >= 15 is 0 Å². The number of hydrogen-bond donors (Lipinski definition) is 2. The Balaban J connectivity index is 2.62. The zero-order chi connectivity index (χ0) is 11.4. The van der Waals surface area contributed by atoms with Crippen molar-refractivity contribution in [1.82, 2.24) is 5.32 Å². The van der Waals surface area contributed by atoms with E-state index in [0.717, 1.165) is 0 Å². The Morgan fingerprint density at radius 1 is 1.60 bits per heavy atom. The van der Waals surface area contributed by atoms with Crippen LogP contribution < -0.4 is 5.32 Å². The van der Waals surface area contributed by atoms with Crippen LogP contribution in [0.4, 0.5) is 0 Å².